The fourth-order valence-electron chi connectivity index (χ4n) is 4.56. The van der Waals surface area contributed by atoms with Gasteiger partial charge in [0, 0.05) is 29.1 Å². The number of halogens is 4. The molecule has 0 radical (unpaired) electrons. The number of aromatic nitrogens is 1. The topological polar surface area (TPSA) is 56.5 Å². The second kappa shape index (κ2) is 8.40. The molecule has 5 rings (SSSR count). The highest BCUT2D eigenvalue weighted by molar-refractivity contribution is 5.85. The molecule has 1 aromatic carbocycles. The van der Waals surface area contributed by atoms with E-state index in [4.69, 9.17) is 9.26 Å². The lowest BCUT2D eigenvalue weighted by atomic mass is 10.0. The van der Waals surface area contributed by atoms with E-state index >= 15 is 0 Å². The van der Waals surface area contributed by atoms with E-state index in [9.17, 15) is 13.2 Å². The van der Waals surface area contributed by atoms with Crippen LogP contribution in [0.1, 0.15) is 55.8 Å². The zero-order valence-corrected chi connectivity index (χ0v) is 17.1. The van der Waals surface area contributed by atoms with E-state index in [1.165, 1.54) is 25.0 Å². The molecule has 3 aliphatic rings. The number of benzene rings is 1. The molecule has 0 amide bonds. The summed E-state index contributed by atoms with van der Waals surface area (Å²) in [5.74, 6) is 0.727. The summed E-state index contributed by atoms with van der Waals surface area (Å²) in [5.41, 5.74) is 1.39. The van der Waals surface area contributed by atoms with Gasteiger partial charge in [-0.05, 0) is 50.7 Å². The third-order valence-electron chi connectivity index (χ3n) is 6.03. The molecule has 2 aromatic rings. The minimum absolute atomic E-state index is 0. The lowest BCUT2D eigenvalue weighted by molar-refractivity contribution is -0.274. The largest absolute Gasteiger partial charge is 0.573 e. The van der Waals surface area contributed by atoms with Crippen molar-refractivity contribution in [1.82, 2.24) is 10.5 Å². The van der Waals surface area contributed by atoms with Crippen molar-refractivity contribution in [2.75, 3.05) is 0 Å². The van der Waals surface area contributed by atoms with Gasteiger partial charge in [0.25, 0.3) is 0 Å². The summed E-state index contributed by atoms with van der Waals surface area (Å²) >= 11 is 0. The number of nitrogens with one attached hydrogen (secondary N) is 1. The molecular formula is C21H24ClF3N2O3. The molecule has 5 nitrogen and oxygen atoms in total. The Bertz CT molecular complexity index is 873. The van der Waals surface area contributed by atoms with Crippen molar-refractivity contribution in [1.29, 1.82) is 0 Å². The van der Waals surface area contributed by atoms with Gasteiger partial charge in [-0.1, -0.05) is 17.3 Å². The lowest BCUT2D eigenvalue weighted by Gasteiger charge is -2.29. The van der Waals surface area contributed by atoms with Gasteiger partial charge >= 0.3 is 6.36 Å². The minimum Gasteiger partial charge on any atom is -0.405 e. The molecule has 164 valence electrons. The molecule has 1 N–H and O–H groups in total. The van der Waals surface area contributed by atoms with Gasteiger partial charge in [-0.15, -0.1) is 25.6 Å². The molecule has 1 saturated carbocycles. The van der Waals surface area contributed by atoms with Gasteiger partial charge in [0.1, 0.15) is 17.2 Å². The molecule has 9 heteroatoms. The van der Waals surface area contributed by atoms with Crippen LogP contribution in [0.25, 0.3) is 11.3 Å². The Hall–Kier alpha value is -1.77. The zero-order valence-electron chi connectivity index (χ0n) is 16.3. The van der Waals surface area contributed by atoms with E-state index in [-0.39, 0.29) is 42.3 Å². The van der Waals surface area contributed by atoms with Gasteiger partial charge in [-0.3, -0.25) is 0 Å². The third-order valence-corrected chi connectivity index (χ3v) is 6.03. The summed E-state index contributed by atoms with van der Waals surface area (Å²) in [4.78, 5) is 0. The van der Waals surface area contributed by atoms with Crippen LogP contribution in [0.3, 0.4) is 0 Å². The second-order valence-electron chi connectivity index (χ2n) is 8.23. The maximum Gasteiger partial charge on any atom is 0.573 e. The van der Waals surface area contributed by atoms with Crippen molar-refractivity contribution in [3.05, 3.63) is 35.6 Å². The van der Waals surface area contributed by atoms with Crippen molar-refractivity contribution in [2.24, 2.45) is 0 Å². The number of para-hydroxylation sites is 1. The van der Waals surface area contributed by atoms with Crippen LogP contribution in [0.15, 0.2) is 28.8 Å². The van der Waals surface area contributed by atoms with Crippen molar-refractivity contribution in [3.63, 3.8) is 0 Å². The summed E-state index contributed by atoms with van der Waals surface area (Å²) in [5, 5.41) is 7.72. The minimum atomic E-state index is -4.77. The molecule has 2 aliphatic heterocycles. The number of fused-ring (bicyclic) bond motifs is 2. The summed E-state index contributed by atoms with van der Waals surface area (Å²) in [7, 11) is 0. The Balaban J connectivity index is 0.00000218. The first-order valence-corrected chi connectivity index (χ1v) is 10.2. The van der Waals surface area contributed by atoms with E-state index in [0.717, 1.165) is 37.0 Å². The normalized spacial score (nSPS) is 25.8. The summed E-state index contributed by atoms with van der Waals surface area (Å²) in [6.07, 6.45) is 1.65. The van der Waals surface area contributed by atoms with Crippen LogP contribution >= 0.6 is 12.4 Å². The van der Waals surface area contributed by atoms with Crippen molar-refractivity contribution >= 4 is 12.4 Å². The number of alkyl halides is 3. The SMILES string of the molecule is Cl.FC(F)(F)Oc1ccccc1-c1noc(C2CC2)c1CO[C@H]1C[C@H]2CC[C@@H](C1)N2. The Morgan fingerprint density at radius 2 is 1.77 bits per heavy atom. The Labute approximate surface area is 178 Å². The van der Waals surface area contributed by atoms with Crippen LogP contribution in [0.4, 0.5) is 13.2 Å². The highest BCUT2D eigenvalue weighted by atomic mass is 35.5. The van der Waals surface area contributed by atoms with Crippen LogP contribution < -0.4 is 10.1 Å². The van der Waals surface area contributed by atoms with Gasteiger partial charge in [0.15, 0.2) is 0 Å². The quantitative estimate of drug-likeness (QED) is 0.651. The highest BCUT2D eigenvalue weighted by Crippen LogP contribution is 2.46. The standard InChI is InChI=1S/C21H23F3N2O3.ClH/c22-21(23,24)28-18-4-2-1-3-16(18)19-17(20(29-26-19)12-5-6-12)11-27-15-9-13-7-8-14(10-15)25-13;/h1-4,12-15,25H,5-11H2;1H/t13-,14+,15+;. The maximum atomic E-state index is 12.9. The fraction of sp³-hybridized carbons (Fsp3) is 0.571. The number of rotatable bonds is 6. The molecule has 0 spiro atoms. The number of hydrogen-bond acceptors (Lipinski definition) is 5. The van der Waals surface area contributed by atoms with Crippen LogP contribution in [0.5, 0.6) is 5.75 Å². The van der Waals surface area contributed by atoms with Crippen LogP contribution in [0, 0.1) is 0 Å². The maximum absolute atomic E-state index is 12.9. The van der Waals surface area contributed by atoms with E-state index in [1.54, 1.807) is 12.1 Å². The Kier molecular flexibility index (Phi) is 6.01. The van der Waals surface area contributed by atoms with E-state index in [1.807, 2.05) is 0 Å². The van der Waals surface area contributed by atoms with Crippen LogP contribution in [-0.2, 0) is 11.3 Å². The molecule has 3 atom stereocenters. The molecule has 3 fully saturated rings. The summed E-state index contributed by atoms with van der Waals surface area (Å²) in [6.45, 7) is 0.287. The zero-order chi connectivity index (χ0) is 20.0. The van der Waals surface area contributed by atoms with Crippen molar-refractivity contribution in [3.8, 4) is 17.0 Å². The Morgan fingerprint density at radius 3 is 2.43 bits per heavy atom. The number of piperidine rings is 1. The summed E-state index contributed by atoms with van der Waals surface area (Å²) < 4.78 is 54.6. The predicted octanol–water partition coefficient (Wildman–Crippen LogP) is 5.34. The third kappa shape index (κ3) is 4.60. The van der Waals surface area contributed by atoms with Gasteiger partial charge in [-0.2, -0.15) is 0 Å². The van der Waals surface area contributed by atoms with E-state index in [0.29, 0.717) is 17.8 Å². The van der Waals surface area contributed by atoms with Gasteiger partial charge in [0.05, 0.1) is 12.7 Å². The second-order valence-corrected chi connectivity index (χ2v) is 8.23. The first kappa shape index (κ1) is 21.5. The smallest absolute Gasteiger partial charge is 0.405 e. The molecule has 2 bridgehead atoms. The number of nitrogens with zero attached hydrogens (tertiary/aromatic N) is 1. The van der Waals surface area contributed by atoms with Gasteiger partial charge in [0.2, 0.25) is 0 Å². The lowest BCUT2D eigenvalue weighted by Crippen LogP contribution is -2.41. The first-order chi connectivity index (χ1) is 14.0. The van der Waals surface area contributed by atoms with E-state index in [2.05, 4.69) is 15.2 Å². The average molecular weight is 445 g/mol. The van der Waals surface area contributed by atoms with Gasteiger partial charge in [-0.25, -0.2) is 0 Å². The molecule has 3 heterocycles. The monoisotopic (exact) mass is 444 g/mol. The molecule has 0 unspecified atom stereocenters. The number of ether oxygens (including phenoxy) is 2. The number of hydrogen-bond donors (Lipinski definition) is 1. The van der Waals surface area contributed by atoms with Crippen molar-refractivity contribution in [2.45, 2.75) is 75.6 Å². The first-order valence-electron chi connectivity index (χ1n) is 10.2. The average Bonchev–Trinajstić information content (AvgIpc) is 3.35. The Morgan fingerprint density at radius 1 is 1.07 bits per heavy atom. The van der Waals surface area contributed by atoms with Crippen LogP contribution in [0.2, 0.25) is 0 Å². The van der Waals surface area contributed by atoms with E-state index < -0.39 is 6.36 Å². The molecular weight excluding hydrogens is 421 g/mol. The fourth-order valence-corrected chi connectivity index (χ4v) is 4.56. The molecule has 30 heavy (non-hydrogen) atoms. The van der Waals surface area contributed by atoms with Crippen LogP contribution in [-0.4, -0.2) is 29.7 Å². The predicted molar refractivity (Wildman–Crippen MR) is 106 cm³/mol. The summed E-state index contributed by atoms with van der Waals surface area (Å²) in [6, 6.07) is 7.05. The molecule has 1 aliphatic carbocycles. The molecule has 1 aromatic heterocycles. The van der Waals surface area contributed by atoms with Crippen molar-refractivity contribution < 1.29 is 27.2 Å². The highest BCUT2D eigenvalue weighted by Gasteiger charge is 2.37. The molecule has 2 saturated heterocycles. The van der Waals surface area contributed by atoms with Gasteiger partial charge < -0.3 is 19.3 Å².